The van der Waals surface area contributed by atoms with Gasteiger partial charge in [0.2, 0.25) is 0 Å². The van der Waals surface area contributed by atoms with Crippen LogP contribution < -0.4 is 11.2 Å². The fourth-order valence-electron chi connectivity index (χ4n) is 3.22. The van der Waals surface area contributed by atoms with Crippen molar-refractivity contribution in [1.82, 2.24) is 34.7 Å². The van der Waals surface area contributed by atoms with E-state index in [9.17, 15) is 24.0 Å². The van der Waals surface area contributed by atoms with Gasteiger partial charge in [0.25, 0.3) is 5.56 Å². The van der Waals surface area contributed by atoms with Gasteiger partial charge in [0.05, 0.1) is 12.7 Å². The molecule has 3 aromatic rings. The van der Waals surface area contributed by atoms with E-state index in [2.05, 4.69) is 25.0 Å². The number of hydrogen-bond acceptors (Lipinski definition) is 13. The van der Waals surface area contributed by atoms with E-state index in [1.54, 1.807) is 6.33 Å². The molecule has 192 valence electrons. The zero-order valence-electron chi connectivity index (χ0n) is 19.1. The number of hydrogen-bond donors (Lipinski definition) is 3. The van der Waals surface area contributed by atoms with Crippen molar-refractivity contribution in [3.63, 3.8) is 0 Å². The summed E-state index contributed by atoms with van der Waals surface area (Å²) in [6.45, 7) is 3.10. The van der Waals surface area contributed by atoms with Crippen LogP contribution in [0.3, 0.4) is 0 Å². The molecule has 0 saturated carbocycles. The number of nitrogens with one attached hydrogen (secondary N) is 3. The molecule has 16 nitrogen and oxygen atoms in total. The Bertz CT molecular complexity index is 1430. The average Bonchev–Trinajstić information content (AvgIpc) is 3.39. The van der Waals surface area contributed by atoms with Gasteiger partial charge in [-0.15, -0.1) is 0 Å². The minimum atomic E-state index is -1.31. The lowest BCUT2D eigenvalue weighted by Gasteiger charge is -2.23. The minimum absolute atomic E-state index is 0.320. The highest BCUT2D eigenvalue weighted by molar-refractivity contribution is 7.71. The number of aromatic nitrogens is 7. The smallest absolute Gasteiger partial charge is 0.347 e. The molecular weight excluding hydrogens is 502 g/mol. The van der Waals surface area contributed by atoms with Gasteiger partial charge < -0.3 is 28.9 Å². The maximum atomic E-state index is 12.0. The maximum Gasteiger partial charge on any atom is 0.347 e. The van der Waals surface area contributed by atoms with Gasteiger partial charge >= 0.3 is 23.6 Å². The summed E-state index contributed by atoms with van der Waals surface area (Å²) in [4.78, 5) is 72.6. The molecule has 1 saturated heterocycles. The predicted octanol–water partition coefficient (Wildman–Crippen LogP) is -0.729. The third-order valence-electron chi connectivity index (χ3n) is 4.56. The molecule has 0 bridgehead atoms. The summed E-state index contributed by atoms with van der Waals surface area (Å²) in [5.74, 6) is -2.04. The topological polar surface area (TPSA) is 213 Å². The molecule has 1 aliphatic heterocycles. The molecular formula is C19H21N7O9S. The number of H-pyrrole nitrogens is 3. The standard InChI is InChI=1S/C14H17N3O9.C5H4N4S/c1-6(18)23-5-9-11(24-7(2)19)12(25-8(3)20)13(26-9)17-14(22)16-10(21)4-15-17;10-5-3-4(7-1-6-3)8-2-9-5/h4,9,11-13H,5H2,1-3H3,(H,16,21,22);1-2H,(H2,6,7,8,9,10)/t9-,11-,12-,13-;/m1./s1. The van der Waals surface area contributed by atoms with Crippen molar-refractivity contribution in [2.24, 2.45) is 0 Å². The van der Waals surface area contributed by atoms with Crippen LogP contribution in [0.25, 0.3) is 11.2 Å². The zero-order chi connectivity index (χ0) is 26.4. The first kappa shape index (κ1) is 26.4. The van der Waals surface area contributed by atoms with Gasteiger partial charge in [0.15, 0.2) is 28.7 Å². The molecule has 0 unspecified atom stereocenters. The van der Waals surface area contributed by atoms with E-state index < -0.39 is 53.7 Å². The monoisotopic (exact) mass is 523 g/mol. The van der Waals surface area contributed by atoms with Gasteiger partial charge in [0.1, 0.15) is 24.4 Å². The molecule has 4 atom stereocenters. The largest absolute Gasteiger partial charge is 0.463 e. The SMILES string of the molecule is CC(=O)OC[C@H]1O[C@@H](n2ncc(=O)[nH]c2=O)[C@H](OC(C)=O)[C@@H]1OC(C)=O.S=c1nc[nH]c2nc[nH]c12. The minimum Gasteiger partial charge on any atom is -0.463 e. The normalized spacial score (nSPS) is 20.8. The molecule has 0 spiro atoms. The van der Waals surface area contributed by atoms with E-state index in [0.29, 0.717) is 4.64 Å². The summed E-state index contributed by atoms with van der Waals surface area (Å²) in [6, 6.07) is 0. The molecule has 3 N–H and O–H groups in total. The molecule has 0 radical (unpaired) electrons. The van der Waals surface area contributed by atoms with Gasteiger partial charge in [-0.2, -0.15) is 9.78 Å². The van der Waals surface area contributed by atoms with Crippen molar-refractivity contribution in [3.8, 4) is 0 Å². The number of imidazole rings is 1. The second-order valence-electron chi connectivity index (χ2n) is 7.23. The van der Waals surface area contributed by atoms with Gasteiger partial charge in [0, 0.05) is 20.8 Å². The molecule has 0 aliphatic carbocycles. The zero-order valence-corrected chi connectivity index (χ0v) is 19.9. The van der Waals surface area contributed by atoms with Crippen molar-refractivity contribution in [2.75, 3.05) is 6.61 Å². The van der Waals surface area contributed by atoms with Crippen LogP contribution in [0.15, 0.2) is 28.4 Å². The summed E-state index contributed by atoms with van der Waals surface area (Å²) >= 11 is 4.91. The molecule has 4 rings (SSSR count). The van der Waals surface area contributed by atoms with Gasteiger partial charge in [-0.25, -0.2) is 14.8 Å². The third-order valence-corrected chi connectivity index (χ3v) is 4.86. The Labute approximate surface area is 206 Å². The number of ether oxygens (including phenoxy) is 4. The van der Waals surface area contributed by atoms with Crippen LogP contribution in [-0.2, 0) is 33.3 Å². The predicted molar refractivity (Wildman–Crippen MR) is 120 cm³/mol. The summed E-state index contributed by atoms with van der Waals surface area (Å²) in [5, 5.41) is 3.66. The van der Waals surface area contributed by atoms with Crippen molar-refractivity contribution in [3.05, 3.63) is 44.3 Å². The Hall–Kier alpha value is -4.25. The van der Waals surface area contributed by atoms with Gasteiger partial charge in [-0.1, -0.05) is 12.2 Å². The number of aromatic amines is 3. The summed E-state index contributed by atoms with van der Waals surface area (Å²) in [7, 11) is 0. The van der Waals surface area contributed by atoms with Crippen molar-refractivity contribution < 1.29 is 33.3 Å². The molecule has 1 aliphatic rings. The van der Waals surface area contributed by atoms with Gasteiger partial charge in [-0.3, -0.25) is 24.2 Å². The Morgan fingerprint density at radius 3 is 2.31 bits per heavy atom. The molecule has 0 amide bonds. The maximum absolute atomic E-state index is 12.0. The molecule has 17 heteroatoms. The molecule has 3 aromatic heterocycles. The highest BCUT2D eigenvalue weighted by atomic mass is 32.1. The number of rotatable bonds is 5. The quantitative estimate of drug-likeness (QED) is 0.214. The fraction of sp³-hybridized carbons (Fsp3) is 0.421. The first-order chi connectivity index (χ1) is 17.1. The number of nitrogens with zero attached hydrogens (tertiary/aromatic N) is 4. The lowest BCUT2D eigenvalue weighted by atomic mass is 10.1. The second kappa shape index (κ2) is 11.5. The fourth-order valence-corrected chi connectivity index (χ4v) is 3.42. The summed E-state index contributed by atoms with van der Waals surface area (Å²) in [5.41, 5.74) is -0.117. The Balaban J connectivity index is 0.000000297. The van der Waals surface area contributed by atoms with E-state index in [1.807, 2.05) is 4.98 Å². The van der Waals surface area contributed by atoms with Crippen LogP contribution in [0.5, 0.6) is 0 Å². The number of fused-ring (bicyclic) bond motifs is 1. The third kappa shape index (κ3) is 6.45. The Morgan fingerprint density at radius 2 is 1.69 bits per heavy atom. The number of esters is 3. The van der Waals surface area contributed by atoms with Crippen molar-refractivity contribution in [1.29, 1.82) is 0 Å². The number of carbonyl (C=O) groups is 3. The highest BCUT2D eigenvalue weighted by Gasteiger charge is 2.51. The van der Waals surface area contributed by atoms with Crippen LogP contribution in [0.4, 0.5) is 0 Å². The Kier molecular flexibility index (Phi) is 8.38. The van der Waals surface area contributed by atoms with Crippen LogP contribution in [0, 0.1) is 4.64 Å². The lowest BCUT2D eigenvalue weighted by molar-refractivity contribution is -0.166. The Morgan fingerprint density at radius 1 is 1.03 bits per heavy atom. The lowest BCUT2D eigenvalue weighted by Crippen LogP contribution is -2.43. The van der Waals surface area contributed by atoms with Gasteiger partial charge in [-0.05, 0) is 0 Å². The van der Waals surface area contributed by atoms with Crippen molar-refractivity contribution in [2.45, 2.75) is 45.3 Å². The number of carbonyl (C=O) groups excluding carboxylic acids is 3. The summed E-state index contributed by atoms with van der Waals surface area (Å²) in [6.07, 6.45) is -0.819. The van der Waals surface area contributed by atoms with E-state index in [0.717, 1.165) is 35.9 Å². The molecule has 1 fully saturated rings. The van der Waals surface area contributed by atoms with Crippen LogP contribution in [-0.4, -0.2) is 77.5 Å². The van der Waals surface area contributed by atoms with E-state index in [4.69, 9.17) is 31.2 Å². The van der Waals surface area contributed by atoms with E-state index >= 15 is 0 Å². The molecule has 0 aromatic carbocycles. The van der Waals surface area contributed by atoms with Crippen LogP contribution in [0.1, 0.15) is 27.0 Å². The molecule has 36 heavy (non-hydrogen) atoms. The first-order valence-electron chi connectivity index (χ1n) is 10.2. The van der Waals surface area contributed by atoms with Crippen LogP contribution >= 0.6 is 12.2 Å². The second-order valence-corrected chi connectivity index (χ2v) is 7.62. The average molecular weight is 523 g/mol. The summed E-state index contributed by atoms with van der Waals surface area (Å²) < 4.78 is 22.0. The van der Waals surface area contributed by atoms with E-state index in [1.165, 1.54) is 13.3 Å². The highest BCUT2D eigenvalue weighted by Crippen LogP contribution is 2.33. The van der Waals surface area contributed by atoms with Crippen LogP contribution in [0.2, 0.25) is 0 Å². The first-order valence-corrected chi connectivity index (χ1v) is 10.7. The van der Waals surface area contributed by atoms with E-state index in [-0.39, 0.29) is 6.61 Å². The molecule has 4 heterocycles. The van der Waals surface area contributed by atoms with Crippen molar-refractivity contribution >= 4 is 41.3 Å².